The van der Waals surface area contributed by atoms with Crippen LogP contribution in [0.5, 0.6) is 0 Å². The van der Waals surface area contributed by atoms with Gasteiger partial charge in [-0.1, -0.05) is 12.1 Å². The summed E-state index contributed by atoms with van der Waals surface area (Å²) in [5.41, 5.74) is 2.29. The molecule has 1 aliphatic heterocycles. The Kier molecular flexibility index (Phi) is 5.40. The van der Waals surface area contributed by atoms with Crippen molar-refractivity contribution in [2.75, 3.05) is 44.3 Å². The molecule has 1 aromatic rings. The van der Waals surface area contributed by atoms with Gasteiger partial charge in [-0.25, -0.2) is 0 Å². The smallest absolute Gasteiger partial charge is 0.124 e. The lowest BCUT2D eigenvalue weighted by molar-refractivity contribution is 0.0266. The van der Waals surface area contributed by atoms with Crippen molar-refractivity contribution in [2.45, 2.75) is 19.9 Å². The highest BCUT2D eigenvalue weighted by molar-refractivity contribution is 5.48. The average Bonchev–Trinajstić information content (AvgIpc) is 2.52. The molecule has 1 heterocycles. The number of benzene rings is 1. The second-order valence-corrected chi connectivity index (χ2v) is 4.94. The lowest BCUT2D eigenvalue weighted by Crippen LogP contribution is -2.38. The highest BCUT2D eigenvalue weighted by atomic mass is 16.5. The van der Waals surface area contributed by atoms with Gasteiger partial charge in [0.1, 0.15) is 6.04 Å². The van der Waals surface area contributed by atoms with Gasteiger partial charge >= 0.3 is 0 Å². The van der Waals surface area contributed by atoms with Crippen molar-refractivity contribution in [3.8, 4) is 6.07 Å². The Bertz CT molecular complexity index is 442. The molecule has 1 atom stereocenters. The first kappa shape index (κ1) is 14.8. The number of nitriles is 1. The molecule has 0 N–H and O–H groups in total. The van der Waals surface area contributed by atoms with E-state index in [9.17, 15) is 5.26 Å². The Morgan fingerprint density at radius 1 is 1.20 bits per heavy atom. The van der Waals surface area contributed by atoms with E-state index in [1.165, 1.54) is 5.69 Å². The fourth-order valence-corrected chi connectivity index (χ4v) is 2.66. The molecule has 0 amide bonds. The van der Waals surface area contributed by atoms with Gasteiger partial charge in [-0.2, -0.15) is 5.26 Å². The number of hydrogen-bond donors (Lipinski definition) is 0. The molecule has 0 saturated carbocycles. The van der Waals surface area contributed by atoms with E-state index in [1.807, 2.05) is 0 Å². The maximum atomic E-state index is 9.46. The van der Waals surface area contributed by atoms with Crippen LogP contribution in [0.25, 0.3) is 0 Å². The van der Waals surface area contributed by atoms with E-state index in [0.29, 0.717) is 0 Å². The third-order valence-electron chi connectivity index (χ3n) is 3.87. The van der Waals surface area contributed by atoms with Crippen LogP contribution in [-0.4, -0.2) is 44.3 Å². The maximum absolute atomic E-state index is 9.46. The number of anilines is 1. The van der Waals surface area contributed by atoms with Crippen molar-refractivity contribution in [1.29, 1.82) is 5.26 Å². The molecule has 4 heteroatoms. The SMILES string of the molecule is CCN(CC)c1ccc([C@@H](C#N)N2CCOCC2)cc1. The molecule has 2 rings (SSSR count). The molecular formula is C16H23N3O. The van der Waals surface area contributed by atoms with E-state index >= 15 is 0 Å². The highest BCUT2D eigenvalue weighted by Gasteiger charge is 2.22. The summed E-state index contributed by atoms with van der Waals surface area (Å²) in [5, 5.41) is 9.46. The number of hydrogen-bond acceptors (Lipinski definition) is 4. The molecule has 0 aromatic heterocycles. The summed E-state index contributed by atoms with van der Waals surface area (Å²) in [6, 6.07) is 10.7. The minimum atomic E-state index is -0.162. The number of morpholine rings is 1. The third-order valence-corrected chi connectivity index (χ3v) is 3.87. The first-order chi connectivity index (χ1) is 9.80. The lowest BCUT2D eigenvalue weighted by atomic mass is 10.1. The second-order valence-electron chi connectivity index (χ2n) is 4.94. The second kappa shape index (κ2) is 7.28. The molecule has 0 aliphatic carbocycles. The summed E-state index contributed by atoms with van der Waals surface area (Å²) in [7, 11) is 0. The van der Waals surface area contributed by atoms with Crippen LogP contribution in [0.2, 0.25) is 0 Å². The van der Waals surface area contributed by atoms with Gasteiger partial charge in [0.25, 0.3) is 0 Å². The molecule has 1 aliphatic rings. The number of nitrogens with zero attached hydrogens (tertiary/aromatic N) is 3. The van der Waals surface area contributed by atoms with Crippen LogP contribution in [0.3, 0.4) is 0 Å². The van der Waals surface area contributed by atoms with Crippen molar-refractivity contribution in [3.05, 3.63) is 29.8 Å². The molecule has 20 heavy (non-hydrogen) atoms. The fraction of sp³-hybridized carbons (Fsp3) is 0.562. The van der Waals surface area contributed by atoms with E-state index in [4.69, 9.17) is 4.74 Å². The molecule has 108 valence electrons. The first-order valence-electron chi connectivity index (χ1n) is 7.36. The van der Waals surface area contributed by atoms with Crippen LogP contribution in [-0.2, 0) is 4.74 Å². The number of rotatable bonds is 5. The topological polar surface area (TPSA) is 39.5 Å². The van der Waals surface area contributed by atoms with Gasteiger partial charge < -0.3 is 9.64 Å². The monoisotopic (exact) mass is 273 g/mol. The molecule has 0 unspecified atom stereocenters. The minimum Gasteiger partial charge on any atom is -0.379 e. The van der Waals surface area contributed by atoms with Crippen molar-refractivity contribution < 1.29 is 4.74 Å². The summed E-state index contributed by atoms with van der Waals surface area (Å²) < 4.78 is 5.35. The molecule has 0 spiro atoms. The Hall–Kier alpha value is -1.57. The van der Waals surface area contributed by atoms with E-state index < -0.39 is 0 Å². The quantitative estimate of drug-likeness (QED) is 0.826. The van der Waals surface area contributed by atoms with Crippen LogP contribution in [0.1, 0.15) is 25.5 Å². The predicted molar refractivity (Wildman–Crippen MR) is 80.7 cm³/mol. The largest absolute Gasteiger partial charge is 0.379 e. The summed E-state index contributed by atoms with van der Waals surface area (Å²) in [6.07, 6.45) is 0. The van der Waals surface area contributed by atoms with Gasteiger partial charge in [-0.3, -0.25) is 4.90 Å². The first-order valence-corrected chi connectivity index (χ1v) is 7.36. The average molecular weight is 273 g/mol. The maximum Gasteiger partial charge on any atom is 0.124 e. The predicted octanol–water partition coefficient (Wildman–Crippen LogP) is 2.43. The van der Waals surface area contributed by atoms with Crippen LogP contribution in [0.4, 0.5) is 5.69 Å². The van der Waals surface area contributed by atoms with Crippen LogP contribution < -0.4 is 4.90 Å². The summed E-state index contributed by atoms with van der Waals surface area (Å²) >= 11 is 0. The summed E-state index contributed by atoms with van der Waals surface area (Å²) in [5.74, 6) is 0. The lowest BCUT2D eigenvalue weighted by Gasteiger charge is -2.31. The molecular weight excluding hydrogens is 250 g/mol. The number of ether oxygens (including phenoxy) is 1. The Morgan fingerprint density at radius 2 is 1.80 bits per heavy atom. The highest BCUT2D eigenvalue weighted by Crippen LogP contribution is 2.24. The third kappa shape index (κ3) is 3.30. The zero-order valence-corrected chi connectivity index (χ0v) is 12.4. The Labute approximate surface area is 121 Å². The van der Waals surface area contributed by atoms with Gasteiger partial charge in [0.15, 0.2) is 0 Å². The zero-order valence-electron chi connectivity index (χ0n) is 12.4. The normalized spacial score (nSPS) is 17.4. The summed E-state index contributed by atoms with van der Waals surface area (Å²) in [4.78, 5) is 4.50. The zero-order chi connectivity index (χ0) is 14.4. The summed E-state index contributed by atoms with van der Waals surface area (Å²) in [6.45, 7) is 9.41. The van der Waals surface area contributed by atoms with Gasteiger partial charge in [0, 0.05) is 31.9 Å². The standard InChI is InChI=1S/C16H23N3O/c1-3-18(4-2)15-7-5-14(6-8-15)16(13-17)19-9-11-20-12-10-19/h5-8,16H,3-4,9-12H2,1-2H3/t16-/m1/s1. The Balaban J connectivity index is 2.13. The van der Waals surface area contributed by atoms with Gasteiger partial charge in [-0.15, -0.1) is 0 Å². The van der Waals surface area contributed by atoms with Crippen LogP contribution in [0, 0.1) is 11.3 Å². The molecule has 1 saturated heterocycles. The van der Waals surface area contributed by atoms with E-state index in [1.54, 1.807) is 0 Å². The fourth-order valence-electron chi connectivity index (χ4n) is 2.66. The van der Waals surface area contributed by atoms with Crippen molar-refractivity contribution in [2.24, 2.45) is 0 Å². The van der Waals surface area contributed by atoms with Crippen LogP contribution in [0.15, 0.2) is 24.3 Å². The van der Waals surface area contributed by atoms with Crippen LogP contribution >= 0.6 is 0 Å². The van der Waals surface area contributed by atoms with Crippen molar-refractivity contribution in [3.63, 3.8) is 0 Å². The van der Waals surface area contributed by atoms with Gasteiger partial charge in [0.05, 0.1) is 19.3 Å². The van der Waals surface area contributed by atoms with E-state index in [-0.39, 0.29) is 6.04 Å². The van der Waals surface area contributed by atoms with Crippen molar-refractivity contribution in [1.82, 2.24) is 4.90 Å². The van der Waals surface area contributed by atoms with E-state index in [0.717, 1.165) is 45.0 Å². The van der Waals surface area contributed by atoms with E-state index in [2.05, 4.69) is 54.0 Å². The molecule has 1 fully saturated rings. The minimum absolute atomic E-state index is 0.162. The Morgan fingerprint density at radius 3 is 2.30 bits per heavy atom. The van der Waals surface area contributed by atoms with Gasteiger partial charge in [0.2, 0.25) is 0 Å². The van der Waals surface area contributed by atoms with Crippen molar-refractivity contribution >= 4 is 5.69 Å². The van der Waals surface area contributed by atoms with Gasteiger partial charge in [-0.05, 0) is 31.5 Å². The molecule has 0 bridgehead atoms. The molecule has 4 nitrogen and oxygen atoms in total. The molecule has 1 aromatic carbocycles. The molecule has 0 radical (unpaired) electrons.